The number of anilines is 2. The van der Waals surface area contributed by atoms with Gasteiger partial charge in [0.1, 0.15) is 11.6 Å². The number of halogens is 2. The first-order valence-electron chi connectivity index (χ1n) is 9.86. The fraction of sp³-hybridized carbons (Fsp3) is 0.182. The van der Waals surface area contributed by atoms with Gasteiger partial charge < -0.3 is 10.2 Å². The van der Waals surface area contributed by atoms with Crippen LogP contribution in [0.1, 0.15) is 10.4 Å². The number of benzene rings is 2. The van der Waals surface area contributed by atoms with Gasteiger partial charge in [0.2, 0.25) is 10.0 Å². The monoisotopic (exact) mass is 474 g/mol. The summed E-state index contributed by atoms with van der Waals surface area (Å²) in [5.74, 6) is -0.478. The smallest absolute Gasteiger partial charge is 0.256 e. The molecule has 0 spiro atoms. The van der Waals surface area contributed by atoms with Crippen molar-refractivity contribution in [1.29, 1.82) is 0 Å². The molecular weight excluding hydrogens is 455 g/mol. The molecule has 1 aliphatic rings. The van der Waals surface area contributed by atoms with E-state index in [9.17, 15) is 17.6 Å². The zero-order valence-corrected chi connectivity index (χ0v) is 18.5. The van der Waals surface area contributed by atoms with E-state index in [-0.39, 0.29) is 29.4 Å². The molecule has 1 aromatic heterocycles. The van der Waals surface area contributed by atoms with Gasteiger partial charge in [0.25, 0.3) is 5.91 Å². The van der Waals surface area contributed by atoms with Crippen LogP contribution in [0.3, 0.4) is 0 Å². The Labute approximate surface area is 190 Å². The van der Waals surface area contributed by atoms with Crippen LogP contribution in [0.5, 0.6) is 0 Å². The molecule has 2 heterocycles. The number of aromatic nitrogens is 1. The molecule has 0 unspecified atom stereocenters. The number of sulfonamides is 1. The lowest BCUT2D eigenvalue weighted by molar-refractivity contribution is 0.102. The molecule has 0 bridgehead atoms. The fourth-order valence-corrected chi connectivity index (χ4v) is 5.00. The molecule has 3 aromatic rings. The molecule has 2 aromatic carbocycles. The van der Waals surface area contributed by atoms with Gasteiger partial charge in [-0.15, -0.1) is 0 Å². The van der Waals surface area contributed by atoms with Crippen LogP contribution in [-0.2, 0) is 10.0 Å². The number of carbonyl (C=O) groups excluding carboxylic acids is 1. The van der Waals surface area contributed by atoms with Gasteiger partial charge in [-0.3, -0.25) is 4.79 Å². The van der Waals surface area contributed by atoms with E-state index in [1.165, 1.54) is 46.9 Å². The van der Waals surface area contributed by atoms with Gasteiger partial charge in [0, 0.05) is 43.6 Å². The molecule has 1 fully saturated rings. The molecule has 0 aliphatic carbocycles. The van der Waals surface area contributed by atoms with E-state index in [1.54, 1.807) is 24.3 Å². The molecule has 1 N–H and O–H groups in total. The molecule has 0 radical (unpaired) electrons. The minimum absolute atomic E-state index is 0.0458. The number of pyridine rings is 1. The maximum absolute atomic E-state index is 13.1. The molecule has 4 rings (SSSR count). The summed E-state index contributed by atoms with van der Waals surface area (Å²) in [7, 11) is -3.78. The molecule has 0 saturated carbocycles. The summed E-state index contributed by atoms with van der Waals surface area (Å²) in [5, 5.41) is 3.06. The van der Waals surface area contributed by atoms with Crippen LogP contribution in [0.4, 0.5) is 15.9 Å². The highest BCUT2D eigenvalue weighted by atomic mass is 35.5. The number of carbonyl (C=O) groups is 1. The second-order valence-electron chi connectivity index (χ2n) is 7.21. The molecular formula is C22H20ClFN4O3S. The first-order valence-corrected chi connectivity index (χ1v) is 11.7. The summed E-state index contributed by atoms with van der Waals surface area (Å²) in [6, 6.07) is 15.2. The Kier molecular flexibility index (Phi) is 6.40. The highest BCUT2D eigenvalue weighted by molar-refractivity contribution is 7.89. The summed E-state index contributed by atoms with van der Waals surface area (Å²) in [6.45, 7) is 1.52. The highest BCUT2D eigenvalue weighted by Gasteiger charge is 2.29. The minimum Gasteiger partial charge on any atom is -0.369 e. The zero-order chi connectivity index (χ0) is 22.7. The molecule has 32 heavy (non-hydrogen) atoms. The van der Waals surface area contributed by atoms with Crippen LogP contribution in [0, 0.1) is 5.82 Å². The molecule has 7 nitrogen and oxygen atoms in total. The van der Waals surface area contributed by atoms with Crippen molar-refractivity contribution in [1.82, 2.24) is 9.29 Å². The first-order chi connectivity index (χ1) is 15.3. The SMILES string of the molecule is O=C(Nc1ccc(Cl)cn1)c1cccc(S(=O)(=O)N2CCN(c3ccc(F)cc3)CC2)c1. The summed E-state index contributed by atoms with van der Waals surface area (Å²) in [5.41, 5.74) is 1.05. The average Bonchev–Trinajstić information content (AvgIpc) is 2.81. The van der Waals surface area contributed by atoms with Crippen LogP contribution >= 0.6 is 11.6 Å². The summed E-state index contributed by atoms with van der Waals surface area (Å²) in [6.07, 6.45) is 1.41. The number of rotatable bonds is 5. The zero-order valence-electron chi connectivity index (χ0n) is 16.9. The van der Waals surface area contributed by atoms with E-state index in [1.807, 2.05) is 4.90 Å². The maximum atomic E-state index is 13.1. The first kappa shape index (κ1) is 22.2. The Hall–Kier alpha value is -3.01. The molecule has 1 amide bonds. The van der Waals surface area contributed by atoms with Gasteiger partial charge in [-0.1, -0.05) is 17.7 Å². The van der Waals surface area contributed by atoms with Crippen molar-refractivity contribution < 1.29 is 17.6 Å². The molecule has 10 heteroatoms. The second-order valence-corrected chi connectivity index (χ2v) is 9.59. The van der Waals surface area contributed by atoms with Crippen molar-refractivity contribution in [2.45, 2.75) is 4.90 Å². The Balaban J connectivity index is 1.45. The Bertz CT molecular complexity index is 1210. The topological polar surface area (TPSA) is 82.6 Å². The van der Waals surface area contributed by atoms with E-state index >= 15 is 0 Å². The molecule has 1 aliphatic heterocycles. The summed E-state index contributed by atoms with van der Waals surface area (Å²) >= 11 is 5.80. The normalized spacial score (nSPS) is 14.9. The van der Waals surface area contributed by atoms with E-state index in [4.69, 9.17) is 11.6 Å². The van der Waals surface area contributed by atoms with Crippen molar-refractivity contribution in [3.8, 4) is 0 Å². The molecule has 1 saturated heterocycles. The number of piperazine rings is 1. The largest absolute Gasteiger partial charge is 0.369 e. The third kappa shape index (κ3) is 4.90. The van der Waals surface area contributed by atoms with E-state index in [0.29, 0.717) is 23.9 Å². The lowest BCUT2D eigenvalue weighted by atomic mass is 10.2. The minimum atomic E-state index is -3.78. The van der Waals surface area contributed by atoms with Gasteiger partial charge in [0.05, 0.1) is 9.92 Å². The van der Waals surface area contributed by atoms with Crippen molar-refractivity contribution >= 4 is 39.0 Å². The van der Waals surface area contributed by atoms with Gasteiger partial charge in [-0.2, -0.15) is 4.31 Å². The second kappa shape index (κ2) is 9.23. The van der Waals surface area contributed by atoms with Crippen LogP contribution in [0.25, 0.3) is 0 Å². The van der Waals surface area contributed by atoms with Crippen LogP contribution in [0.2, 0.25) is 5.02 Å². The van der Waals surface area contributed by atoms with Gasteiger partial charge in [-0.25, -0.2) is 17.8 Å². The lowest BCUT2D eigenvalue weighted by Gasteiger charge is -2.35. The number of hydrogen-bond acceptors (Lipinski definition) is 5. The van der Waals surface area contributed by atoms with Crippen molar-refractivity contribution in [3.05, 3.63) is 83.3 Å². The standard InChI is InChI=1S/C22H20ClFN4O3S/c23-17-4-9-21(25-15-17)26-22(29)16-2-1-3-20(14-16)32(30,31)28-12-10-27(11-13-28)19-7-5-18(24)6-8-19/h1-9,14-15H,10-13H2,(H,25,26,29). The van der Waals surface area contributed by atoms with Crippen LogP contribution in [-0.4, -0.2) is 49.8 Å². The van der Waals surface area contributed by atoms with Crippen molar-refractivity contribution in [3.63, 3.8) is 0 Å². The van der Waals surface area contributed by atoms with Gasteiger partial charge in [0.15, 0.2) is 0 Å². The molecule has 166 valence electrons. The Morgan fingerprint density at radius 3 is 2.38 bits per heavy atom. The van der Waals surface area contributed by atoms with Crippen LogP contribution in [0.15, 0.2) is 71.8 Å². The average molecular weight is 475 g/mol. The number of nitrogens with one attached hydrogen (secondary N) is 1. The quantitative estimate of drug-likeness (QED) is 0.610. The Morgan fingerprint density at radius 2 is 1.72 bits per heavy atom. The van der Waals surface area contributed by atoms with Gasteiger partial charge in [-0.05, 0) is 54.6 Å². The molecule has 0 atom stereocenters. The third-order valence-corrected chi connectivity index (χ3v) is 7.25. The van der Waals surface area contributed by atoms with Crippen molar-refractivity contribution in [2.24, 2.45) is 0 Å². The predicted octanol–water partition coefficient (Wildman–Crippen LogP) is 3.64. The van der Waals surface area contributed by atoms with Crippen molar-refractivity contribution in [2.75, 3.05) is 36.4 Å². The Morgan fingerprint density at radius 1 is 1.00 bits per heavy atom. The van der Waals surface area contributed by atoms with E-state index < -0.39 is 15.9 Å². The maximum Gasteiger partial charge on any atom is 0.256 e. The summed E-state index contributed by atoms with van der Waals surface area (Å²) in [4.78, 5) is 18.6. The predicted molar refractivity (Wildman–Crippen MR) is 121 cm³/mol. The number of hydrogen-bond donors (Lipinski definition) is 1. The van der Waals surface area contributed by atoms with Gasteiger partial charge >= 0.3 is 0 Å². The fourth-order valence-electron chi connectivity index (χ4n) is 3.42. The lowest BCUT2D eigenvalue weighted by Crippen LogP contribution is -2.48. The number of nitrogens with zero attached hydrogens (tertiary/aromatic N) is 3. The summed E-state index contributed by atoms with van der Waals surface area (Å²) < 4.78 is 40.8. The number of amides is 1. The van der Waals surface area contributed by atoms with Crippen LogP contribution < -0.4 is 10.2 Å². The highest BCUT2D eigenvalue weighted by Crippen LogP contribution is 2.22. The van der Waals surface area contributed by atoms with E-state index in [0.717, 1.165) is 5.69 Å². The van der Waals surface area contributed by atoms with E-state index in [2.05, 4.69) is 10.3 Å². The third-order valence-electron chi connectivity index (χ3n) is 5.13.